The van der Waals surface area contributed by atoms with Gasteiger partial charge in [0.15, 0.2) is 6.61 Å². The fourth-order valence-electron chi connectivity index (χ4n) is 2.05. The van der Waals surface area contributed by atoms with Gasteiger partial charge in [-0.15, -0.1) is 0 Å². The van der Waals surface area contributed by atoms with E-state index in [1.54, 1.807) is 12.1 Å². The standard InChI is InChI=1S/C16H10Cl2FN3O2/c17-9-5-12-15(13(18)6-9)20-8-21-16(12)24-7-14(23)22-11-3-1-10(19)2-4-11/h1-6,8H,7H2,(H,22,23). The number of fused-ring (bicyclic) bond motifs is 1. The van der Waals surface area contributed by atoms with E-state index in [1.807, 2.05) is 0 Å². The molecular formula is C16H10Cl2FN3O2. The van der Waals surface area contributed by atoms with Gasteiger partial charge in [-0.05, 0) is 36.4 Å². The summed E-state index contributed by atoms with van der Waals surface area (Å²) < 4.78 is 18.3. The van der Waals surface area contributed by atoms with Crippen molar-refractivity contribution < 1.29 is 13.9 Å². The number of hydrogen-bond acceptors (Lipinski definition) is 4. The van der Waals surface area contributed by atoms with Crippen molar-refractivity contribution in [1.82, 2.24) is 9.97 Å². The van der Waals surface area contributed by atoms with Gasteiger partial charge >= 0.3 is 0 Å². The zero-order valence-corrected chi connectivity index (χ0v) is 13.6. The predicted molar refractivity (Wildman–Crippen MR) is 90.1 cm³/mol. The van der Waals surface area contributed by atoms with Gasteiger partial charge in [-0.1, -0.05) is 23.2 Å². The van der Waals surface area contributed by atoms with Crippen LogP contribution >= 0.6 is 23.2 Å². The predicted octanol–water partition coefficient (Wildman–Crippen LogP) is 4.09. The second kappa shape index (κ2) is 6.98. The topological polar surface area (TPSA) is 64.1 Å². The van der Waals surface area contributed by atoms with Crippen LogP contribution in [0.1, 0.15) is 0 Å². The number of anilines is 1. The minimum atomic E-state index is -0.415. The molecule has 0 atom stereocenters. The third-order valence-electron chi connectivity index (χ3n) is 3.09. The fraction of sp³-hybridized carbons (Fsp3) is 0.0625. The van der Waals surface area contributed by atoms with E-state index in [4.69, 9.17) is 27.9 Å². The van der Waals surface area contributed by atoms with Gasteiger partial charge in [0.25, 0.3) is 5.91 Å². The van der Waals surface area contributed by atoms with Crippen molar-refractivity contribution in [3.63, 3.8) is 0 Å². The SMILES string of the molecule is O=C(COc1ncnc2c(Cl)cc(Cl)cc12)Nc1ccc(F)cc1. The lowest BCUT2D eigenvalue weighted by Gasteiger charge is -2.09. The minimum absolute atomic E-state index is 0.193. The summed E-state index contributed by atoms with van der Waals surface area (Å²) in [7, 11) is 0. The molecule has 0 saturated carbocycles. The quantitative estimate of drug-likeness (QED) is 0.755. The van der Waals surface area contributed by atoms with Crippen molar-refractivity contribution in [1.29, 1.82) is 0 Å². The van der Waals surface area contributed by atoms with Gasteiger partial charge in [0.05, 0.1) is 15.9 Å². The Kier molecular flexibility index (Phi) is 4.78. The van der Waals surface area contributed by atoms with Gasteiger partial charge in [-0.25, -0.2) is 14.4 Å². The molecule has 1 aromatic heterocycles. The molecule has 0 fully saturated rings. The van der Waals surface area contributed by atoms with E-state index < -0.39 is 5.91 Å². The molecule has 3 aromatic rings. The third-order valence-corrected chi connectivity index (χ3v) is 3.59. The molecule has 3 rings (SSSR count). The molecule has 1 N–H and O–H groups in total. The summed E-state index contributed by atoms with van der Waals surface area (Å²) in [4.78, 5) is 20.0. The van der Waals surface area contributed by atoms with E-state index in [9.17, 15) is 9.18 Å². The van der Waals surface area contributed by atoms with Gasteiger partial charge in [0, 0.05) is 10.7 Å². The number of rotatable bonds is 4. The second-order valence-electron chi connectivity index (χ2n) is 4.81. The monoisotopic (exact) mass is 365 g/mol. The molecule has 0 saturated heterocycles. The Bertz CT molecular complexity index is 904. The highest BCUT2D eigenvalue weighted by molar-refractivity contribution is 6.38. The molecule has 0 spiro atoms. The average Bonchev–Trinajstić information content (AvgIpc) is 2.55. The Morgan fingerprint density at radius 1 is 1.17 bits per heavy atom. The zero-order valence-electron chi connectivity index (χ0n) is 12.1. The Morgan fingerprint density at radius 3 is 2.67 bits per heavy atom. The zero-order chi connectivity index (χ0) is 17.1. The number of ether oxygens (including phenoxy) is 1. The first kappa shape index (κ1) is 16.4. The number of aromatic nitrogens is 2. The van der Waals surface area contributed by atoms with Crippen LogP contribution in [0.3, 0.4) is 0 Å². The lowest BCUT2D eigenvalue weighted by atomic mass is 10.2. The molecule has 0 radical (unpaired) electrons. The molecule has 0 aliphatic heterocycles. The molecule has 2 aromatic carbocycles. The van der Waals surface area contributed by atoms with Crippen LogP contribution in [-0.4, -0.2) is 22.5 Å². The number of hydrogen-bond donors (Lipinski definition) is 1. The van der Waals surface area contributed by atoms with Crippen molar-refractivity contribution in [2.75, 3.05) is 11.9 Å². The van der Waals surface area contributed by atoms with Crippen LogP contribution in [0.4, 0.5) is 10.1 Å². The minimum Gasteiger partial charge on any atom is -0.467 e. The Morgan fingerprint density at radius 2 is 1.92 bits per heavy atom. The maximum Gasteiger partial charge on any atom is 0.262 e. The lowest BCUT2D eigenvalue weighted by Crippen LogP contribution is -2.20. The summed E-state index contributed by atoms with van der Waals surface area (Å²) in [6.45, 7) is -0.284. The molecule has 1 heterocycles. The molecule has 0 aliphatic rings. The van der Waals surface area contributed by atoms with Gasteiger partial charge in [0.1, 0.15) is 12.1 Å². The Balaban J connectivity index is 1.73. The fourth-order valence-corrected chi connectivity index (χ4v) is 2.59. The number of carbonyl (C=O) groups excluding carboxylic acids is 1. The maximum absolute atomic E-state index is 12.8. The number of benzene rings is 2. The van der Waals surface area contributed by atoms with Crippen molar-refractivity contribution >= 4 is 45.7 Å². The van der Waals surface area contributed by atoms with Crippen LogP contribution in [0.25, 0.3) is 10.9 Å². The summed E-state index contributed by atoms with van der Waals surface area (Å²) in [5.74, 6) is -0.606. The molecule has 0 bridgehead atoms. The molecule has 24 heavy (non-hydrogen) atoms. The molecule has 0 aliphatic carbocycles. The van der Waals surface area contributed by atoms with E-state index >= 15 is 0 Å². The van der Waals surface area contributed by atoms with Crippen molar-refractivity contribution in [3.05, 3.63) is 58.6 Å². The summed E-state index contributed by atoms with van der Waals surface area (Å²) in [6.07, 6.45) is 1.29. The summed E-state index contributed by atoms with van der Waals surface area (Å²) in [5, 5.41) is 3.86. The van der Waals surface area contributed by atoms with E-state index in [0.29, 0.717) is 26.6 Å². The van der Waals surface area contributed by atoms with Crippen LogP contribution in [0.5, 0.6) is 5.88 Å². The van der Waals surface area contributed by atoms with E-state index in [2.05, 4.69) is 15.3 Å². The molecule has 0 unspecified atom stereocenters. The highest BCUT2D eigenvalue weighted by atomic mass is 35.5. The first-order chi connectivity index (χ1) is 11.5. The van der Waals surface area contributed by atoms with Crippen LogP contribution < -0.4 is 10.1 Å². The van der Waals surface area contributed by atoms with E-state index in [0.717, 1.165) is 0 Å². The molecular weight excluding hydrogens is 356 g/mol. The molecule has 1 amide bonds. The third kappa shape index (κ3) is 3.72. The van der Waals surface area contributed by atoms with E-state index in [-0.39, 0.29) is 18.3 Å². The average molecular weight is 366 g/mol. The Hall–Kier alpha value is -2.44. The van der Waals surface area contributed by atoms with Gasteiger partial charge in [0.2, 0.25) is 5.88 Å². The van der Waals surface area contributed by atoms with Gasteiger partial charge in [-0.2, -0.15) is 0 Å². The summed E-state index contributed by atoms with van der Waals surface area (Å²) >= 11 is 12.1. The lowest BCUT2D eigenvalue weighted by molar-refractivity contribution is -0.118. The smallest absolute Gasteiger partial charge is 0.262 e. The van der Waals surface area contributed by atoms with Gasteiger partial charge in [-0.3, -0.25) is 4.79 Å². The first-order valence-corrected chi connectivity index (χ1v) is 7.56. The van der Waals surface area contributed by atoms with Crippen molar-refractivity contribution in [2.24, 2.45) is 0 Å². The largest absolute Gasteiger partial charge is 0.467 e. The second-order valence-corrected chi connectivity index (χ2v) is 5.65. The highest BCUT2D eigenvalue weighted by Gasteiger charge is 2.11. The van der Waals surface area contributed by atoms with Crippen LogP contribution in [0.2, 0.25) is 10.0 Å². The molecule has 5 nitrogen and oxygen atoms in total. The first-order valence-electron chi connectivity index (χ1n) is 6.81. The van der Waals surface area contributed by atoms with Crippen LogP contribution in [-0.2, 0) is 4.79 Å². The number of halogens is 3. The number of nitrogens with one attached hydrogen (secondary N) is 1. The van der Waals surface area contributed by atoms with Crippen LogP contribution in [0, 0.1) is 5.82 Å². The van der Waals surface area contributed by atoms with E-state index in [1.165, 1.54) is 30.6 Å². The number of carbonyl (C=O) groups is 1. The van der Waals surface area contributed by atoms with Crippen LogP contribution in [0.15, 0.2) is 42.7 Å². The summed E-state index contributed by atoms with van der Waals surface area (Å²) in [5.41, 5.74) is 0.939. The number of amides is 1. The highest BCUT2D eigenvalue weighted by Crippen LogP contribution is 2.30. The maximum atomic E-state index is 12.8. The number of nitrogens with zero attached hydrogens (tertiary/aromatic N) is 2. The van der Waals surface area contributed by atoms with Crippen molar-refractivity contribution in [2.45, 2.75) is 0 Å². The normalized spacial score (nSPS) is 10.6. The molecule has 8 heteroatoms. The molecule has 122 valence electrons. The Labute approximate surface area is 146 Å². The van der Waals surface area contributed by atoms with Crippen molar-refractivity contribution in [3.8, 4) is 5.88 Å². The van der Waals surface area contributed by atoms with Gasteiger partial charge < -0.3 is 10.1 Å². The summed E-state index contributed by atoms with van der Waals surface area (Å²) in [6, 6.07) is 8.57.